The fourth-order valence-corrected chi connectivity index (χ4v) is 2.16. The minimum absolute atomic E-state index is 0.0470. The molecule has 0 aromatic carbocycles. The van der Waals surface area contributed by atoms with E-state index in [-0.39, 0.29) is 17.7 Å². The van der Waals surface area contributed by atoms with Crippen LogP contribution >= 0.6 is 11.6 Å². The highest BCUT2D eigenvalue weighted by Crippen LogP contribution is 2.25. The van der Waals surface area contributed by atoms with E-state index in [1.807, 2.05) is 20.8 Å². The maximum Gasteiger partial charge on any atom is 0.290 e. The first-order chi connectivity index (χ1) is 7.44. The normalized spacial score (nSPS) is 21.2. The van der Waals surface area contributed by atoms with Crippen LogP contribution in [-0.4, -0.2) is 35.1 Å². The van der Waals surface area contributed by atoms with Crippen molar-refractivity contribution in [1.82, 2.24) is 4.90 Å². The predicted octanol–water partition coefficient (Wildman–Crippen LogP) is 2.22. The van der Waals surface area contributed by atoms with Crippen LogP contribution in [0.1, 0.15) is 40.0 Å². The monoisotopic (exact) mass is 245 g/mol. The number of ketones is 1. The molecule has 1 rings (SSSR count). The lowest BCUT2D eigenvalue weighted by Gasteiger charge is -2.27. The number of carbonyl (C=O) groups is 2. The molecule has 1 unspecified atom stereocenters. The molecule has 1 aliphatic heterocycles. The van der Waals surface area contributed by atoms with Gasteiger partial charge in [0.05, 0.1) is 0 Å². The standard InChI is InChI=1S/C12H20ClNO2/c1-4-12(2,3)10(15)11(16)14-7-5-6-9(14)8-13/h9H,4-8H2,1-3H3. The average Bonchev–Trinajstić information content (AvgIpc) is 2.74. The Hall–Kier alpha value is -0.570. The smallest absolute Gasteiger partial charge is 0.290 e. The molecule has 4 heteroatoms. The van der Waals surface area contributed by atoms with Crippen molar-refractivity contribution in [1.29, 1.82) is 0 Å². The Kier molecular flexibility index (Phi) is 4.36. The van der Waals surface area contributed by atoms with Crippen molar-refractivity contribution in [2.45, 2.75) is 46.1 Å². The van der Waals surface area contributed by atoms with Crippen LogP contribution in [0.15, 0.2) is 0 Å². The van der Waals surface area contributed by atoms with E-state index in [2.05, 4.69) is 0 Å². The van der Waals surface area contributed by atoms with Gasteiger partial charge in [-0.25, -0.2) is 0 Å². The van der Waals surface area contributed by atoms with Crippen LogP contribution in [0, 0.1) is 5.41 Å². The average molecular weight is 246 g/mol. The van der Waals surface area contributed by atoms with Crippen LogP contribution in [-0.2, 0) is 9.59 Å². The largest absolute Gasteiger partial charge is 0.332 e. The highest BCUT2D eigenvalue weighted by Gasteiger charge is 2.38. The van der Waals surface area contributed by atoms with Gasteiger partial charge in [-0.15, -0.1) is 11.6 Å². The lowest BCUT2D eigenvalue weighted by Crippen LogP contribution is -2.45. The van der Waals surface area contributed by atoms with E-state index < -0.39 is 5.41 Å². The van der Waals surface area contributed by atoms with Crippen molar-refractivity contribution in [3.8, 4) is 0 Å². The molecule has 0 spiro atoms. The molecule has 0 aromatic rings. The highest BCUT2D eigenvalue weighted by molar-refractivity contribution is 6.38. The quantitative estimate of drug-likeness (QED) is 0.563. The molecule has 0 aliphatic carbocycles. The molecule has 0 aromatic heterocycles. The van der Waals surface area contributed by atoms with Crippen molar-refractivity contribution in [2.75, 3.05) is 12.4 Å². The van der Waals surface area contributed by atoms with Crippen LogP contribution in [0.3, 0.4) is 0 Å². The molecule has 1 fully saturated rings. The Morgan fingerprint density at radius 2 is 2.06 bits per heavy atom. The molecule has 92 valence electrons. The topological polar surface area (TPSA) is 37.4 Å². The number of carbonyl (C=O) groups excluding carboxylic acids is 2. The summed E-state index contributed by atoms with van der Waals surface area (Å²) in [7, 11) is 0. The minimum Gasteiger partial charge on any atom is -0.332 e. The maximum absolute atomic E-state index is 12.0. The summed E-state index contributed by atoms with van der Waals surface area (Å²) in [6.07, 6.45) is 2.54. The second-order valence-electron chi connectivity index (χ2n) is 5.02. The van der Waals surface area contributed by atoms with Gasteiger partial charge in [-0.2, -0.15) is 0 Å². The molecular weight excluding hydrogens is 226 g/mol. The van der Waals surface area contributed by atoms with Crippen molar-refractivity contribution >= 4 is 23.3 Å². The van der Waals surface area contributed by atoms with E-state index in [9.17, 15) is 9.59 Å². The molecule has 0 radical (unpaired) electrons. The first kappa shape index (κ1) is 13.5. The van der Waals surface area contributed by atoms with Crippen LogP contribution in [0.4, 0.5) is 0 Å². The van der Waals surface area contributed by atoms with E-state index >= 15 is 0 Å². The molecule has 1 heterocycles. The van der Waals surface area contributed by atoms with E-state index in [1.54, 1.807) is 4.90 Å². The van der Waals surface area contributed by atoms with Gasteiger partial charge in [-0.3, -0.25) is 9.59 Å². The summed E-state index contributed by atoms with van der Waals surface area (Å²) in [5.41, 5.74) is -0.559. The molecule has 3 nitrogen and oxygen atoms in total. The lowest BCUT2D eigenvalue weighted by atomic mass is 9.84. The summed E-state index contributed by atoms with van der Waals surface area (Å²) >= 11 is 5.79. The van der Waals surface area contributed by atoms with Crippen LogP contribution in [0.2, 0.25) is 0 Å². The molecule has 16 heavy (non-hydrogen) atoms. The summed E-state index contributed by atoms with van der Waals surface area (Å²) in [5.74, 6) is -0.215. The predicted molar refractivity (Wildman–Crippen MR) is 64.5 cm³/mol. The van der Waals surface area contributed by atoms with Gasteiger partial charge in [-0.05, 0) is 19.3 Å². The molecular formula is C12H20ClNO2. The lowest BCUT2D eigenvalue weighted by molar-refractivity contribution is -0.149. The van der Waals surface area contributed by atoms with Crippen LogP contribution in [0.25, 0.3) is 0 Å². The van der Waals surface area contributed by atoms with Crippen molar-refractivity contribution < 1.29 is 9.59 Å². The Bertz CT molecular complexity index is 289. The summed E-state index contributed by atoms with van der Waals surface area (Å²) in [5, 5.41) is 0. The van der Waals surface area contributed by atoms with E-state index in [4.69, 9.17) is 11.6 Å². The third-order valence-electron chi connectivity index (χ3n) is 3.51. The first-order valence-corrected chi connectivity index (χ1v) is 6.39. The summed E-state index contributed by atoms with van der Waals surface area (Å²) in [4.78, 5) is 25.7. The number of hydrogen-bond donors (Lipinski definition) is 0. The number of hydrogen-bond acceptors (Lipinski definition) is 2. The third-order valence-corrected chi connectivity index (χ3v) is 3.87. The number of rotatable bonds is 4. The first-order valence-electron chi connectivity index (χ1n) is 5.85. The van der Waals surface area contributed by atoms with E-state index in [0.29, 0.717) is 18.8 Å². The van der Waals surface area contributed by atoms with Gasteiger partial charge in [-0.1, -0.05) is 20.8 Å². The van der Waals surface area contributed by atoms with Crippen molar-refractivity contribution in [3.05, 3.63) is 0 Å². The Morgan fingerprint density at radius 3 is 2.56 bits per heavy atom. The zero-order chi connectivity index (χ0) is 12.3. The second-order valence-corrected chi connectivity index (χ2v) is 5.32. The number of halogens is 1. The molecule has 0 saturated carbocycles. The Morgan fingerprint density at radius 1 is 1.44 bits per heavy atom. The van der Waals surface area contributed by atoms with E-state index in [0.717, 1.165) is 12.8 Å². The van der Waals surface area contributed by atoms with Crippen LogP contribution < -0.4 is 0 Å². The Labute approximate surface area is 102 Å². The fraction of sp³-hybridized carbons (Fsp3) is 0.833. The number of nitrogens with zero attached hydrogens (tertiary/aromatic N) is 1. The van der Waals surface area contributed by atoms with Gasteiger partial charge < -0.3 is 4.90 Å². The SMILES string of the molecule is CCC(C)(C)C(=O)C(=O)N1CCCC1CCl. The van der Waals surface area contributed by atoms with E-state index in [1.165, 1.54) is 0 Å². The summed E-state index contributed by atoms with van der Waals surface area (Å²) < 4.78 is 0. The van der Waals surface area contributed by atoms with Gasteiger partial charge in [0.25, 0.3) is 5.91 Å². The van der Waals surface area contributed by atoms with Gasteiger partial charge in [0.1, 0.15) is 0 Å². The molecule has 0 bridgehead atoms. The molecule has 1 amide bonds. The van der Waals surface area contributed by atoms with Gasteiger partial charge in [0.2, 0.25) is 5.78 Å². The summed E-state index contributed by atoms with van der Waals surface area (Å²) in [6, 6.07) is 0.0470. The molecule has 0 N–H and O–H groups in total. The van der Waals surface area contributed by atoms with Crippen LogP contribution in [0.5, 0.6) is 0 Å². The minimum atomic E-state index is -0.559. The van der Waals surface area contributed by atoms with Crippen molar-refractivity contribution in [3.63, 3.8) is 0 Å². The van der Waals surface area contributed by atoms with Gasteiger partial charge >= 0.3 is 0 Å². The third kappa shape index (κ3) is 2.57. The molecule has 1 aliphatic rings. The Balaban J connectivity index is 2.74. The maximum atomic E-state index is 12.0. The zero-order valence-electron chi connectivity index (χ0n) is 10.3. The number of Topliss-reactive ketones (excluding diaryl/α,β-unsaturated/α-hetero) is 1. The fourth-order valence-electron chi connectivity index (χ4n) is 1.84. The van der Waals surface area contributed by atoms with Crippen molar-refractivity contribution in [2.24, 2.45) is 5.41 Å². The summed E-state index contributed by atoms with van der Waals surface area (Å²) in [6.45, 7) is 6.23. The second kappa shape index (κ2) is 5.17. The number of alkyl halides is 1. The number of amides is 1. The molecule has 1 saturated heterocycles. The molecule has 1 atom stereocenters. The highest BCUT2D eigenvalue weighted by atomic mass is 35.5. The zero-order valence-corrected chi connectivity index (χ0v) is 11.0. The number of likely N-dealkylation sites (tertiary alicyclic amines) is 1. The van der Waals surface area contributed by atoms with Gasteiger partial charge in [0.15, 0.2) is 0 Å². The van der Waals surface area contributed by atoms with Gasteiger partial charge in [0, 0.05) is 23.9 Å².